The molecule has 1 heterocycles. The minimum Gasteiger partial charge on any atom is -0.375 e. The molecule has 0 N–H and O–H groups in total. The zero-order valence-corrected chi connectivity index (χ0v) is 17.1. The van der Waals surface area contributed by atoms with Crippen LogP contribution in [0.2, 0.25) is 0 Å². The van der Waals surface area contributed by atoms with E-state index in [9.17, 15) is 9.18 Å². The maximum absolute atomic E-state index is 13.4. The molecule has 1 amide bonds. The van der Waals surface area contributed by atoms with E-state index in [2.05, 4.69) is 18.7 Å². The van der Waals surface area contributed by atoms with Crippen LogP contribution in [0.3, 0.4) is 0 Å². The fourth-order valence-electron chi connectivity index (χ4n) is 5.11. The molecule has 0 aromatic heterocycles. The topological polar surface area (TPSA) is 29.5 Å². The molecule has 0 unspecified atom stereocenters. The van der Waals surface area contributed by atoms with Gasteiger partial charge in [0.25, 0.3) is 0 Å². The standard InChI is InChI=1S/C23H34FNO2/c1-18(26)25(21-11-16-27-22(2,3)17-21)15-14-23(12-5-4-6-13-23)19-7-9-20(24)10-8-19/h7-10,21H,4-6,11-17H2,1-3H3/t21-/m1/s1. The third-order valence-corrected chi connectivity index (χ3v) is 6.61. The van der Waals surface area contributed by atoms with Gasteiger partial charge in [0, 0.05) is 26.1 Å². The molecule has 1 saturated carbocycles. The van der Waals surface area contributed by atoms with E-state index in [-0.39, 0.29) is 28.8 Å². The van der Waals surface area contributed by atoms with Crippen LogP contribution in [-0.4, -0.2) is 35.6 Å². The summed E-state index contributed by atoms with van der Waals surface area (Å²) in [4.78, 5) is 14.5. The summed E-state index contributed by atoms with van der Waals surface area (Å²) in [6.07, 6.45) is 8.70. The van der Waals surface area contributed by atoms with Gasteiger partial charge in [0.1, 0.15) is 5.82 Å². The normalized spacial score (nSPS) is 24.4. The summed E-state index contributed by atoms with van der Waals surface area (Å²) in [5.41, 5.74) is 1.13. The van der Waals surface area contributed by atoms with Crippen molar-refractivity contribution >= 4 is 5.91 Å². The number of ether oxygens (including phenoxy) is 1. The highest BCUT2D eigenvalue weighted by atomic mass is 19.1. The Labute approximate surface area is 163 Å². The van der Waals surface area contributed by atoms with Crippen LogP contribution in [-0.2, 0) is 14.9 Å². The molecule has 3 nitrogen and oxygen atoms in total. The monoisotopic (exact) mass is 375 g/mol. The van der Waals surface area contributed by atoms with Crippen LogP contribution in [0.25, 0.3) is 0 Å². The molecule has 0 bridgehead atoms. The molecule has 1 aliphatic heterocycles. The number of halogens is 1. The minimum atomic E-state index is -0.181. The Kier molecular flexibility index (Phi) is 6.25. The predicted octanol–water partition coefficient (Wildman–Crippen LogP) is 5.22. The average Bonchev–Trinajstić information content (AvgIpc) is 2.62. The van der Waals surface area contributed by atoms with E-state index < -0.39 is 0 Å². The number of carbonyl (C=O) groups excluding carboxylic acids is 1. The SMILES string of the molecule is CC(=O)N(CCC1(c2ccc(F)cc2)CCCCC1)[C@@H]1CCOC(C)(C)C1. The van der Waals surface area contributed by atoms with Crippen LogP contribution in [0, 0.1) is 5.82 Å². The van der Waals surface area contributed by atoms with Gasteiger partial charge in [-0.2, -0.15) is 0 Å². The summed E-state index contributed by atoms with van der Waals surface area (Å²) in [6, 6.07) is 7.32. The molecule has 1 aromatic carbocycles. The fraction of sp³-hybridized carbons (Fsp3) is 0.696. The second kappa shape index (κ2) is 8.30. The van der Waals surface area contributed by atoms with Crippen molar-refractivity contribution in [3.63, 3.8) is 0 Å². The summed E-state index contributed by atoms with van der Waals surface area (Å²) in [5, 5.41) is 0. The lowest BCUT2D eigenvalue weighted by Crippen LogP contribution is -2.49. The quantitative estimate of drug-likeness (QED) is 0.706. The Balaban J connectivity index is 1.76. The highest BCUT2D eigenvalue weighted by molar-refractivity contribution is 5.73. The van der Waals surface area contributed by atoms with Gasteiger partial charge in [0.05, 0.1) is 5.60 Å². The number of rotatable bonds is 5. The lowest BCUT2D eigenvalue weighted by molar-refractivity contribution is -0.138. The molecule has 2 aliphatic rings. The van der Waals surface area contributed by atoms with E-state index in [1.54, 1.807) is 19.1 Å². The zero-order chi connectivity index (χ0) is 19.5. The Morgan fingerprint density at radius 2 is 1.85 bits per heavy atom. The Morgan fingerprint density at radius 3 is 2.44 bits per heavy atom. The third-order valence-electron chi connectivity index (χ3n) is 6.61. The smallest absolute Gasteiger partial charge is 0.219 e. The number of hydrogen-bond donors (Lipinski definition) is 0. The Bertz CT molecular complexity index is 634. The van der Waals surface area contributed by atoms with Crippen LogP contribution in [0.5, 0.6) is 0 Å². The molecule has 0 spiro atoms. The molecule has 27 heavy (non-hydrogen) atoms. The zero-order valence-electron chi connectivity index (χ0n) is 17.1. The van der Waals surface area contributed by atoms with Crippen molar-refractivity contribution < 1.29 is 13.9 Å². The number of nitrogens with zero attached hydrogens (tertiary/aromatic N) is 1. The first kappa shape index (κ1) is 20.3. The summed E-state index contributed by atoms with van der Waals surface area (Å²) >= 11 is 0. The maximum atomic E-state index is 13.4. The molecule has 3 rings (SSSR count). The molecule has 1 aliphatic carbocycles. The van der Waals surface area contributed by atoms with Crippen molar-refractivity contribution in [2.75, 3.05) is 13.2 Å². The molecular formula is C23H34FNO2. The first-order chi connectivity index (χ1) is 12.8. The summed E-state index contributed by atoms with van der Waals surface area (Å²) in [5.74, 6) is -0.0257. The van der Waals surface area contributed by atoms with E-state index in [1.807, 2.05) is 12.1 Å². The largest absolute Gasteiger partial charge is 0.375 e. The molecule has 0 radical (unpaired) electrons. The number of benzene rings is 1. The lowest BCUT2D eigenvalue weighted by Gasteiger charge is -2.44. The highest BCUT2D eigenvalue weighted by Crippen LogP contribution is 2.42. The first-order valence-corrected chi connectivity index (χ1v) is 10.5. The van der Waals surface area contributed by atoms with Gasteiger partial charge in [-0.25, -0.2) is 4.39 Å². The van der Waals surface area contributed by atoms with E-state index in [0.29, 0.717) is 6.61 Å². The molecule has 1 atom stereocenters. The third kappa shape index (κ3) is 4.90. The van der Waals surface area contributed by atoms with Crippen molar-refractivity contribution in [3.8, 4) is 0 Å². The van der Waals surface area contributed by atoms with E-state index >= 15 is 0 Å². The van der Waals surface area contributed by atoms with Crippen LogP contribution in [0.4, 0.5) is 4.39 Å². The summed E-state index contributed by atoms with van der Waals surface area (Å²) in [7, 11) is 0. The molecule has 150 valence electrons. The van der Waals surface area contributed by atoms with Gasteiger partial charge >= 0.3 is 0 Å². The maximum Gasteiger partial charge on any atom is 0.219 e. The highest BCUT2D eigenvalue weighted by Gasteiger charge is 2.37. The number of amides is 1. The lowest BCUT2D eigenvalue weighted by atomic mass is 9.67. The fourth-order valence-corrected chi connectivity index (χ4v) is 5.11. The summed E-state index contributed by atoms with van der Waals surface area (Å²) in [6.45, 7) is 7.39. The van der Waals surface area contributed by atoms with Crippen molar-refractivity contribution in [2.45, 2.75) is 89.2 Å². The van der Waals surface area contributed by atoms with Crippen molar-refractivity contribution in [2.24, 2.45) is 0 Å². The molecule has 4 heteroatoms. The molecule has 1 saturated heterocycles. The second-order valence-electron chi connectivity index (χ2n) is 9.07. The predicted molar refractivity (Wildman–Crippen MR) is 106 cm³/mol. The van der Waals surface area contributed by atoms with Gasteiger partial charge in [0.15, 0.2) is 0 Å². The summed E-state index contributed by atoms with van der Waals surface area (Å²) < 4.78 is 19.3. The van der Waals surface area contributed by atoms with E-state index in [1.165, 1.54) is 24.8 Å². The van der Waals surface area contributed by atoms with Gasteiger partial charge < -0.3 is 9.64 Å². The van der Waals surface area contributed by atoms with E-state index in [0.717, 1.165) is 38.6 Å². The number of carbonyl (C=O) groups is 1. The first-order valence-electron chi connectivity index (χ1n) is 10.5. The van der Waals surface area contributed by atoms with Crippen LogP contribution >= 0.6 is 0 Å². The molecular weight excluding hydrogens is 341 g/mol. The van der Waals surface area contributed by atoms with Crippen LogP contribution in [0.15, 0.2) is 24.3 Å². The van der Waals surface area contributed by atoms with Gasteiger partial charge in [-0.05, 0) is 69.1 Å². The van der Waals surface area contributed by atoms with E-state index in [4.69, 9.17) is 4.74 Å². The van der Waals surface area contributed by atoms with Crippen LogP contribution < -0.4 is 0 Å². The van der Waals surface area contributed by atoms with Crippen molar-refractivity contribution in [3.05, 3.63) is 35.6 Å². The average molecular weight is 376 g/mol. The molecule has 2 fully saturated rings. The van der Waals surface area contributed by atoms with Gasteiger partial charge in [-0.1, -0.05) is 31.4 Å². The second-order valence-corrected chi connectivity index (χ2v) is 9.07. The minimum absolute atomic E-state index is 0.0698. The Morgan fingerprint density at radius 1 is 1.19 bits per heavy atom. The van der Waals surface area contributed by atoms with Gasteiger partial charge in [0.2, 0.25) is 5.91 Å². The van der Waals surface area contributed by atoms with Crippen molar-refractivity contribution in [1.29, 1.82) is 0 Å². The van der Waals surface area contributed by atoms with Crippen LogP contribution in [0.1, 0.15) is 77.7 Å². The Hall–Kier alpha value is -1.42. The van der Waals surface area contributed by atoms with Crippen molar-refractivity contribution in [1.82, 2.24) is 4.90 Å². The molecule has 1 aromatic rings. The number of hydrogen-bond acceptors (Lipinski definition) is 2. The van der Waals surface area contributed by atoms with Gasteiger partial charge in [-0.15, -0.1) is 0 Å². The van der Waals surface area contributed by atoms with Gasteiger partial charge in [-0.3, -0.25) is 4.79 Å².